The molecule has 0 aromatic carbocycles. The van der Waals surface area contributed by atoms with Crippen LogP contribution in [-0.4, -0.2) is 42.1 Å². The Labute approximate surface area is 137 Å². The van der Waals surface area contributed by atoms with Gasteiger partial charge in [0, 0.05) is 26.3 Å². The van der Waals surface area contributed by atoms with Gasteiger partial charge in [-0.05, 0) is 31.6 Å². The average Bonchev–Trinajstić information content (AvgIpc) is 2.49. The maximum Gasteiger partial charge on any atom is 0.223 e. The summed E-state index contributed by atoms with van der Waals surface area (Å²) in [5.74, 6) is 1.09. The molecule has 0 amide bonds. The van der Waals surface area contributed by atoms with Crippen molar-refractivity contribution in [1.29, 1.82) is 0 Å². The number of halogens is 1. The number of nitrogen functional groups attached to an aromatic ring is 1. The Bertz CT molecular complexity index is 473. The van der Waals surface area contributed by atoms with E-state index in [0.29, 0.717) is 11.0 Å². The topological polar surface area (TPSA) is 84.5 Å². The first kappa shape index (κ1) is 18.9. The van der Waals surface area contributed by atoms with Gasteiger partial charge in [-0.2, -0.15) is 4.98 Å². The van der Waals surface area contributed by atoms with E-state index >= 15 is 0 Å². The molecule has 0 saturated heterocycles. The number of anilines is 2. The molecule has 0 saturated carbocycles. The molecule has 1 rings (SSSR count). The van der Waals surface area contributed by atoms with E-state index in [2.05, 4.69) is 23.8 Å². The van der Waals surface area contributed by atoms with Crippen molar-refractivity contribution in [3.05, 3.63) is 10.7 Å². The molecule has 1 aromatic rings. The third-order valence-corrected chi connectivity index (χ3v) is 4.19. The quantitative estimate of drug-likeness (QED) is 0.411. The minimum atomic E-state index is -0.153. The van der Waals surface area contributed by atoms with Gasteiger partial charge in [0.1, 0.15) is 17.2 Å². The van der Waals surface area contributed by atoms with E-state index in [0.717, 1.165) is 31.2 Å². The van der Waals surface area contributed by atoms with E-state index in [1.165, 1.54) is 0 Å². The van der Waals surface area contributed by atoms with Crippen LogP contribution >= 0.6 is 11.6 Å². The van der Waals surface area contributed by atoms with Crippen molar-refractivity contribution in [3.63, 3.8) is 0 Å². The van der Waals surface area contributed by atoms with Crippen molar-refractivity contribution < 1.29 is 9.84 Å². The molecule has 0 aliphatic carbocycles. The molecule has 0 aliphatic heterocycles. The molecule has 0 spiro atoms. The fraction of sp³-hybridized carbons (Fsp3) is 0.733. The molecule has 0 bridgehead atoms. The van der Waals surface area contributed by atoms with Gasteiger partial charge in [-0.25, -0.2) is 4.98 Å². The zero-order valence-electron chi connectivity index (χ0n) is 13.8. The second kappa shape index (κ2) is 9.12. The minimum absolute atomic E-state index is 0.153. The van der Waals surface area contributed by atoms with Crippen LogP contribution in [0.1, 0.15) is 51.0 Å². The Balaban J connectivity index is 3.11. The molecular weight excluding hydrogens is 304 g/mol. The van der Waals surface area contributed by atoms with Gasteiger partial charge in [0.25, 0.3) is 0 Å². The molecule has 3 N–H and O–H groups in total. The third-order valence-electron chi connectivity index (χ3n) is 3.90. The standard InChI is InChI=1S/C15H27ClN4O2/c1-5-10(2)12-13(16)18-15(17)19-14(12)20(3)11(22-4)8-6-7-9-21/h10-11,21H,5-9H2,1-4H3,(H2,17,18,19). The van der Waals surface area contributed by atoms with Crippen molar-refractivity contribution in [2.45, 2.75) is 51.7 Å². The number of unbranched alkanes of at least 4 members (excludes halogenated alkanes) is 1. The fourth-order valence-electron chi connectivity index (χ4n) is 2.38. The molecule has 0 aliphatic rings. The predicted molar refractivity (Wildman–Crippen MR) is 90.3 cm³/mol. The van der Waals surface area contributed by atoms with Crippen molar-refractivity contribution in [2.75, 3.05) is 31.4 Å². The number of aliphatic hydroxyl groups excluding tert-OH is 1. The van der Waals surface area contributed by atoms with E-state index in [-0.39, 0.29) is 24.7 Å². The first-order chi connectivity index (χ1) is 10.5. The third kappa shape index (κ3) is 4.69. The normalized spacial score (nSPS) is 13.9. The number of hydrogen-bond donors (Lipinski definition) is 2. The summed E-state index contributed by atoms with van der Waals surface area (Å²) in [6.07, 6.45) is 3.18. The molecule has 6 nitrogen and oxygen atoms in total. The Kier molecular flexibility index (Phi) is 7.85. The number of ether oxygens (including phenoxy) is 1. The molecular formula is C15H27ClN4O2. The van der Waals surface area contributed by atoms with Gasteiger partial charge in [-0.15, -0.1) is 0 Å². The number of nitrogens with two attached hydrogens (primary N) is 1. The van der Waals surface area contributed by atoms with E-state index in [1.807, 2.05) is 11.9 Å². The van der Waals surface area contributed by atoms with Crippen molar-refractivity contribution in [2.24, 2.45) is 0 Å². The maximum atomic E-state index is 8.92. The monoisotopic (exact) mass is 330 g/mol. The number of rotatable bonds is 9. The van der Waals surface area contributed by atoms with E-state index in [9.17, 15) is 0 Å². The highest BCUT2D eigenvalue weighted by Crippen LogP contribution is 2.34. The Morgan fingerprint density at radius 2 is 2.05 bits per heavy atom. The van der Waals surface area contributed by atoms with Crippen molar-refractivity contribution >= 4 is 23.4 Å². The summed E-state index contributed by atoms with van der Waals surface area (Å²) in [4.78, 5) is 10.4. The maximum absolute atomic E-state index is 8.92. The molecule has 1 heterocycles. The highest BCUT2D eigenvalue weighted by Gasteiger charge is 2.24. The van der Waals surface area contributed by atoms with Gasteiger partial charge in [0.05, 0.1) is 0 Å². The zero-order chi connectivity index (χ0) is 16.7. The Hall–Kier alpha value is -1.11. The molecule has 2 unspecified atom stereocenters. The Morgan fingerprint density at radius 1 is 1.36 bits per heavy atom. The summed E-state index contributed by atoms with van der Waals surface area (Å²) in [5.41, 5.74) is 6.66. The van der Waals surface area contributed by atoms with Crippen LogP contribution in [0.3, 0.4) is 0 Å². The molecule has 22 heavy (non-hydrogen) atoms. The van der Waals surface area contributed by atoms with Crippen molar-refractivity contribution in [1.82, 2.24) is 9.97 Å². The van der Waals surface area contributed by atoms with Crippen LogP contribution in [0.5, 0.6) is 0 Å². The zero-order valence-corrected chi connectivity index (χ0v) is 14.6. The highest BCUT2D eigenvalue weighted by atomic mass is 35.5. The van der Waals surface area contributed by atoms with Crippen LogP contribution in [-0.2, 0) is 4.74 Å². The molecule has 0 fully saturated rings. The molecule has 7 heteroatoms. The smallest absolute Gasteiger partial charge is 0.223 e. The van der Waals surface area contributed by atoms with Gasteiger partial charge >= 0.3 is 0 Å². The van der Waals surface area contributed by atoms with Gasteiger partial charge in [0.2, 0.25) is 5.95 Å². The number of aromatic nitrogens is 2. The summed E-state index contributed by atoms with van der Waals surface area (Å²) in [5, 5.41) is 9.32. The van der Waals surface area contributed by atoms with E-state index in [1.54, 1.807) is 7.11 Å². The van der Waals surface area contributed by atoms with Gasteiger partial charge < -0.3 is 20.5 Å². The van der Waals surface area contributed by atoms with Gasteiger partial charge in [0.15, 0.2) is 0 Å². The molecule has 2 atom stereocenters. The van der Waals surface area contributed by atoms with E-state index in [4.69, 9.17) is 27.2 Å². The number of hydrogen-bond acceptors (Lipinski definition) is 6. The summed E-state index contributed by atoms with van der Waals surface area (Å²) in [7, 11) is 3.58. The lowest BCUT2D eigenvalue weighted by Crippen LogP contribution is -2.35. The van der Waals surface area contributed by atoms with Crippen LogP contribution < -0.4 is 10.6 Å². The predicted octanol–water partition coefficient (Wildman–Crippen LogP) is 2.80. The largest absolute Gasteiger partial charge is 0.396 e. The number of nitrogens with zero attached hydrogens (tertiary/aromatic N) is 3. The lowest BCUT2D eigenvalue weighted by molar-refractivity contribution is 0.0913. The van der Waals surface area contributed by atoms with Crippen LogP contribution in [0.25, 0.3) is 0 Å². The summed E-state index contributed by atoms with van der Waals surface area (Å²) in [6.45, 7) is 4.37. The molecule has 126 valence electrons. The Morgan fingerprint density at radius 3 is 2.59 bits per heavy atom. The summed E-state index contributed by atoms with van der Waals surface area (Å²) >= 11 is 6.30. The van der Waals surface area contributed by atoms with Crippen LogP contribution in [0.4, 0.5) is 11.8 Å². The van der Waals surface area contributed by atoms with Gasteiger partial charge in [-0.3, -0.25) is 0 Å². The van der Waals surface area contributed by atoms with Crippen LogP contribution in [0, 0.1) is 0 Å². The summed E-state index contributed by atoms with van der Waals surface area (Å²) < 4.78 is 5.56. The fourth-order valence-corrected chi connectivity index (χ4v) is 2.74. The van der Waals surface area contributed by atoms with E-state index < -0.39 is 0 Å². The second-order valence-corrected chi connectivity index (χ2v) is 5.80. The molecule has 0 radical (unpaired) electrons. The first-order valence-corrected chi connectivity index (χ1v) is 8.03. The average molecular weight is 331 g/mol. The SMILES string of the molecule is CCC(C)c1c(Cl)nc(N)nc1N(C)C(CCCCO)OC. The van der Waals surface area contributed by atoms with Crippen LogP contribution in [0.15, 0.2) is 0 Å². The van der Waals surface area contributed by atoms with Crippen LogP contribution in [0.2, 0.25) is 5.15 Å². The first-order valence-electron chi connectivity index (χ1n) is 7.65. The minimum Gasteiger partial charge on any atom is -0.396 e. The van der Waals surface area contributed by atoms with Gasteiger partial charge in [-0.1, -0.05) is 25.4 Å². The lowest BCUT2D eigenvalue weighted by atomic mass is 10.00. The second-order valence-electron chi connectivity index (χ2n) is 5.44. The lowest BCUT2D eigenvalue weighted by Gasteiger charge is -2.30. The summed E-state index contributed by atoms with van der Waals surface area (Å²) in [6, 6.07) is 0. The number of methoxy groups -OCH3 is 1. The molecule has 1 aromatic heterocycles. The number of aliphatic hydroxyl groups is 1. The van der Waals surface area contributed by atoms with Crippen molar-refractivity contribution in [3.8, 4) is 0 Å². The highest BCUT2D eigenvalue weighted by molar-refractivity contribution is 6.30.